The van der Waals surface area contributed by atoms with Crippen molar-refractivity contribution in [1.82, 2.24) is 19.8 Å². The van der Waals surface area contributed by atoms with Gasteiger partial charge in [0.1, 0.15) is 0 Å². The molecule has 2 heterocycles. The van der Waals surface area contributed by atoms with E-state index in [-0.39, 0.29) is 12.6 Å². The Morgan fingerprint density at radius 3 is 2.80 bits per heavy atom. The molecule has 1 aliphatic rings. The van der Waals surface area contributed by atoms with Gasteiger partial charge in [0.25, 0.3) is 0 Å². The van der Waals surface area contributed by atoms with Gasteiger partial charge < -0.3 is 19.9 Å². The molecule has 1 fully saturated rings. The molecular weight excluding hydrogens is 320 g/mol. The highest BCUT2D eigenvalue weighted by molar-refractivity contribution is 5.76. The van der Waals surface area contributed by atoms with Crippen LogP contribution >= 0.6 is 0 Å². The maximum Gasteiger partial charge on any atom is 0.317 e. The van der Waals surface area contributed by atoms with E-state index in [1.54, 1.807) is 17.4 Å². The van der Waals surface area contributed by atoms with Crippen molar-refractivity contribution >= 4 is 12.0 Å². The Bertz CT molecular complexity index is 730. The molecular formula is C18H22N4O3. The minimum absolute atomic E-state index is 0.205. The fourth-order valence-electron chi connectivity index (χ4n) is 3.11. The lowest BCUT2D eigenvalue weighted by atomic mass is 9.99. The quantitative estimate of drug-likeness (QED) is 0.869. The Labute approximate surface area is 146 Å². The average Bonchev–Trinajstić information content (AvgIpc) is 3.14. The molecule has 132 valence electrons. The molecule has 3 rings (SSSR count). The van der Waals surface area contributed by atoms with E-state index >= 15 is 0 Å². The number of hydrogen-bond donors (Lipinski definition) is 2. The number of aromatic nitrogens is 2. The number of nitrogens with zero attached hydrogens (tertiary/aromatic N) is 3. The lowest BCUT2D eigenvalue weighted by Gasteiger charge is -2.30. The van der Waals surface area contributed by atoms with Crippen LogP contribution in [0.15, 0.2) is 43.0 Å². The van der Waals surface area contributed by atoms with E-state index in [1.807, 2.05) is 35.0 Å². The minimum Gasteiger partial charge on any atom is -0.481 e. The number of benzene rings is 1. The molecule has 2 aromatic rings. The zero-order valence-corrected chi connectivity index (χ0v) is 14.0. The molecule has 0 saturated carbocycles. The molecule has 2 N–H and O–H groups in total. The number of aliphatic carboxylic acids is 1. The van der Waals surface area contributed by atoms with Crippen molar-refractivity contribution < 1.29 is 14.7 Å². The number of carboxylic acids is 1. The standard InChI is InChI=1S/C18H22N4O3/c23-17(24)16-6-3-8-22(12-16)18(25)20-10-14-4-1-2-5-15(14)11-21-9-7-19-13-21/h1-2,4-5,7,9,13,16H,3,6,8,10-12H2,(H,20,25)(H,23,24). The molecule has 7 nitrogen and oxygen atoms in total. The van der Waals surface area contributed by atoms with E-state index in [9.17, 15) is 9.59 Å². The molecule has 0 radical (unpaired) electrons. The number of piperidine rings is 1. The summed E-state index contributed by atoms with van der Waals surface area (Å²) in [4.78, 5) is 29.1. The summed E-state index contributed by atoms with van der Waals surface area (Å²) in [6.07, 6.45) is 6.75. The topological polar surface area (TPSA) is 87.5 Å². The first kappa shape index (κ1) is 17.0. The van der Waals surface area contributed by atoms with Crippen molar-refractivity contribution in [3.8, 4) is 0 Å². The van der Waals surface area contributed by atoms with Crippen molar-refractivity contribution in [3.63, 3.8) is 0 Å². The molecule has 0 aliphatic carbocycles. The van der Waals surface area contributed by atoms with Crippen molar-refractivity contribution in [2.45, 2.75) is 25.9 Å². The van der Waals surface area contributed by atoms with Crippen molar-refractivity contribution in [2.24, 2.45) is 5.92 Å². The number of amides is 2. The van der Waals surface area contributed by atoms with Crippen LogP contribution in [0.4, 0.5) is 4.79 Å². The van der Waals surface area contributed by atoms with Gasteiger partial charge in [-0.3, -0.25) is 4.79 Å². The van der Waals surface area contributed by atoms with Crippen LogP contribution in [-0.4, -0.2) is 44.6 Å². The summed E-state index contributed by atoms with van der Waals surface area (Å²) in [5.74, 6) is -1.30. The van der Waals surface area contributed by atoms with Gasteiger partial charge in [-0.25, -0.2) is 9.78 Å². The SMILES string of the molecule is O=C(O)C1CCCN(C(=O)NCc2ccccc2Cn2ccnc2)C1. The number of likely N-dealkylation sites (tertiary alicyclic amines) is 1. The Morgan fingerprint density at radius 2 is 2.08 bits per heavy atom. The third-order valence-electron chi connectivity index (χ3n) is 4.52. The summed E-state index contributed by atoms with van der Waals surface area (Å²) in [6, 6.07) is 7.73. The summed E-state index contributed by atoms with van der Waals surface area (Å²) in [7, 11) is 0. The Kier molecular flexibility index (Phi) is 5.33. The van der Waals surface area contributed by atoms with Crippen LogP contribution in [0.2, 0.25) is 0 Å². The fourth-order valence-corrected chi connectivity index (χ4v) is 3.11. The van der Waals surface area contributed by atoms with Crippen LogP contribution in [0.3, 0.4) is 0 Å². The molecule has 1 atom stereocenters. The first-order chi connectivity index (χ1) is 12.1. The maximum atomic E-state index is 12.4. The predicted octanol–water partition coefficient (Wildman–Crippen LogP) is 1.94. The zero-order chi connectivity index (χ0) is 17.6. The van der Waals surface area contributed by atoms with Crippen LogP contribution in [0, 0.1) is 5.92 Å². The van der Waals surface area contributed by atoms with E-state index in [4.69, 9.17) is 5.11 Å². The molecule has 1 aromatic carbocycles. The minimum atomic E-state index is -0.830. The number of nitrogens with one attached hydrogen (secondary N) is 1. The third kappa shape index (κ3) is 4.37. The second kappa shape index (κ2) is 7.83. The summed E-state index contributed by atoms with van der Waals surface area (Å²) < 4.78 is 1.97. The van der Waals surface area contributed by atoms with Crippen molar-refractivity contribution in [2.75, 3.05) is 13.1 Å². The average molecular weight is 342 g/mol. The smallest absolute Gasteiger partial charge is 0.317 e. The van der Waals surface area contributed by atoms with Gasteiger partial charge >= 0.3 is 12.0 Å². The Hall–Kier alpha value is -2.83. The molecule has 7 heteroatoms. The predicted molar refractivity (Wildman–Crippen MR) is 91.9 cm³/mol. The summed E-state index contributed by atoms with van der Waals surface area (Å²) in [5.41, 5.74) is 2.15. The maximum absolute atomic E-state index is 12.4. The summed E-state index contributed by atoms with van der Waals surface area (Å²) in [5, 5.41) is 12.1. The molecule has 1 saturated heterocycles. The zero-order valence-electron chi connectivity index (χ0n) is 14.0. The van der Waals surface area contributed by atoms with Crippen molar-refractivity contribution in [3.05, 3.63) is 54.1 Å². The molecule has 1 unspecified atom stereocenters. The van der Waals surface area contributed by atoms with Gasteiger partial charge in [-0.05, 0) is 24.0 Å². The van der Waals surface area contributed by atoms with E-state index in [2.05, 4.69) is 10.3 Å². The van der Waals surface area contributed by atoms with E-state index in [0.717, 1.165) is 17.5 Å². The highest BCUT2D eigenvalue weighted by atomic mass is 16.4. The second-order valence-corrected chi connectivity index (χ2v) is 6.29. The highest BCUT2D eigenvalue weighted by Crippen LogP contribution is 2.17. The molecule has 25 heavy (non-hydrogen) atoms. The van der Waals surface area contributed by atoms with Gasteiger partial charge in [0.15, 0.2) is 0 Å². The van der Waals surface area contributed by atoms with Gasteiger partial charge in [0.2, 0.25) is 0 Å². The van der Waals surface area contributed by atoms with E-state index in [0.29, 0.717) is 26.1 Å². The van der Waals surface area contributed by atoms with Gasteiger partial charge in [0.05, 0.1) is 12.2 Å². The van der Waals surface area contributed by atoms with Crippen LogP contribution in [0.1, 0.15) is 24.0 Å². The van der Waals surface area contributed by atoms with Crippen LogP contribution in [0.5, 0.6) is 0 Å². The molecule has 0 bridgehead atoms. The van der Waals surface area contributed by atoms with Gasteiger partial charge in [0, 0.05) is 38.6 Å². The van der Waals surface area contributed by atoms with Crippen molar-refractivity contribution in [1.29, 1.82) is 0 Å². The highest BCUT2D eigenvalue weighted by Gasteiger charge is 2.27. The largest absolute Gasteiger partial charge is 0.481 e. The lowest BCUT2D eigenvalue weighted by Crippen LogP contribution is -2.46. The van der Waals surface area contributed by atoms with Gasteiger partial charge in [-0.1, -0.05) is 24.3 Å². The number of rotatable bonds is 5. The van der Waals surface area contributed by atoms with E-state index < -0.39 is 11.9 Å². The molecule has 1 aliphatic heterocycles. The first-order valence-electron chi connectivity index (χ1n) is 8.41. The first-order valence-corrected chi connectivity index (χ1v) is 8.41. The number of carbonyl (C=O) groups is 2. The monoisotopic (exact) mass is 342 g/mol. The van der Waals surface area contributed by atoms with Crippen LogP contribution < -0.4 is 5.32 Å². The molecule has 0 spiro atoms. The third-order valence-corrected chi connectivity index (χ3v) is 4.52. The Morgan fingerprint density at radius 1 is 1.28 bits per heavy atom. The summed E-state index contributed by atoms with van der Waals surface area (Å²) in [6.45, 7) is 1.99. The van der Waals surface area contributed by atoms with Gasteiger partial charge in [-0.2, -0.15) is 0 Å². The van der Waals surface area contributed by atoms with Crippen LogP contribution in [0.25, 0.3) is 0 Å². The normalized spacial score (nSPS) is 17.3. The Balaban J connectivity index is 1.59. The number of carbonyl (C=O) groups excluding carboxylic acids is 1. The molecule has 2 amide bonds. The number of hydrogen-bond acceptors (Lipinski definition) is 3. The molecule has 1 aromatic heterocycles. The number of imidazole rings is 1. The van der Waals surface area contributed by atoms with Crippen LogP contribution in [-0.2, 0) is 17.9 Å². The van der Waals surface area contributed by atoms with E-state index in [1.165, 1.54) is 0 Å². The second-order valence-electron chi connectivity index (χ2n) is 6.29. The fraction of sp³-hybridized carbons (Fsp3) is 0.389. The van der Waals surface area contributed by atoms with Gasteiger partial charge in [-0.15, -0.1) is 0 Å². The summed E-state index contributed by atoms with van der Waals surface area (Å²) >= 11 is 0. The lowest BCUT2D eigenvalue weighted by molar-refractivity contribution is -0.143. The number of carboxylic acid groups (broad SMARTS) is 1. The number of urea groups is 1.